The molecule has 90 valence electrons. The molecule has 7 heteroatoms. The molecule has 0 aliphatic carbocycles. The molecule has 1 rings (SSSR count). The number of aromatic nitrogens is 1. The fourth-order valence-electron chi connectivity index (χ4n) is 1.04. The van der Waals surface area contributed by atoms with E-state index in [1.165, 1.54) is 0 Å². The van der Waals surface area contributed by atoms with Crippen LogP contribution in [0.1, 0.15) is 16.9 Å². The Morgan fingerprint density at radius 3 is 2.65 bits per heavy atom. The molecule has 0 aliphatic rings. The summed E-state index contributed by atoms with van der Waals surface area (Å²) in [6, 6.07) is 0.893. The molecule has 1 heterocycles. The van der Waals surface area contributed by atoms with E-state index >= 15 is 0 Å². The van der Waals surface area contributed by atoms with Crippen molar-refractivity contribution < 1.29 is 23.5 Å². The molecule has 0 unspecified atom stereocenters. The summed E-state index contributed by atoms with van der Waals surface area (Å²) in [6.07, 6.45) is 0.277. The van der Waals surface area contributed by atoms with Crippen molar-refractivity contribution in [2.75, 3.05) is 7.11 Å². The second-order valence-electron chi connectivity index (χ2n) is 3.00. The predicted molar refractivity (Wildman–Crippen MR) is 55.2 cm³/mol. The number of halogens is 2. The summed E-state index contributed by atoms with van der Waals surface area (Å²) in [4.78, 5) is 36.7. The number of esters is 1. The van der Waals surface area contributed by atoms with Gasteiger partial charge in [-0.3, -0.25) is 9.59 Å². The lowest BCUT2D eigenvalue weighted by Gasteiger charge is -2.01. The van der Waals surface area contributed by atoms with Crippen LogP contribution >= 0.6 is 11.6 Å². The summed E-state index contributed by atoms with van der Waals surface area (Å²) in [7, 11) is 1.01. The molecule has 0 atom stereocenters. The number of hydrogen-bond acceptors (Lipinski definition) is 5. The van der Waals surface area contributed by atoms with Gasteiger partial charge in [-0.05, 0) is 6.07 Å². The molecule has 0 N–H and O–H groups in total. The number of carbonyl (C=O) groups excluding carboxylic acids is 3. The molecule has 1 aromatic heterocycles. The first-order valence-corrected chi connectivity index (χ1v) is 4.79. The van der Waals surface area contributed by atoms with Gasteiger partial charge < -0.3 is 4.74 Å². The van der Waals surface area contributed by atoms with Crippen molar-refractivity contribution in [2.24, 2.45) is 0 Å². The Labute approximate surface area is 101 Å². The van der Waals surface area contributed by atoms with E-state index in [1.807, 2.05) is 0 Å². The van der Waals surface area contributed by atoms with Crippen LogP contribution in [0.15, 0.2) is 12.3 Å². The topological polar surface area (TPSA) is 73.3 Å². The first-order valence-electron chi connectivity index (χ1n) is 4.41. The fraction of sp³-hybridized carbons (Fsp3) is 0.200. The van der Waals surface area contributed by atoms with Gasteiger partial charge in [0.2, 0.25) is 5.78 Å². The summed E-state index contributed by atoms with van der Waals surface area (Å²) >= 11 is 5.45. The fourth-order valence-corrected chi connectivity index (χ4v) is 1.18. The average Bonchev–Trinajstić information content (AvgIpc) is 2.27. The van der Waals surface area contributed by atoms with E-state index < -0.39 is 35.5 Å². The monoisotopic (exact) mass is 259 g/mol. The third-order valence-corrected chi connectivity index (χ3v) is 2.01. The van der Waals surface area contributed by atoms with E-state index in [4.69, 9.17) is 11.6 Å². The van der Waals surface area contributed by atoms with Crippen molar-refractivity contribution >= 4 is 29.1 Å². The van der Waals surface area contributed by atoms with Gasteiger partial charge in [0.05, 0.1) is 18.6 Å². The first kappa shape index (κ1) is 13.2. The number of nitrogens with zero attached hydrogens (tertiary/aromatic N) is 1. The lowest BCUT2D eigenvalue weighted by molar-refractivity contribution is -0.151. The highest BCUT2D eigenvalue weighted by Crippen LogP contribution is 2.13. The second-order valence-corrected chi connectivity index (χ2v) is 3.44. The van der Waals surface area contributed by atoms with Gasteiger partial charge in [-0.15, -0.1) is 0 Å². The lowest BCUT2D eigenvalue weighted by Crippen LogP contribution is -2.20. The number of Topliss-reactive ketones (excluding diaryl/α,β-unsaturated/α-hetero) is 2. The summed E-state index contributed by atoms with van der Waals surface area (Å²) < 4.78 is 17.4. The van der Waals surface area contributed by atoms with Crippen LogP contribution in [-0.4, -0.2) is 29.6 Å². The third-order valence-electron chi connectivity index (χ3n) is 1.81. The van der Waals surface area contributed by atoms with Crippen molar-refractivity contribution in [2.45, 2.75) is 6.42 Å². The van der Waals surface area contributed by atoms with Crippen molar-refractivity contribution in [3.8, 4) is 0 Å². The second kappa shape index (κ2) is 5.49. The Bertz CT molecular complexity index is 489. The molecule has 0 saturated carbocycles. The number of methoxy groups -OCH3 is 1. The van der Waals surface area contributed by atoms with Gasteiger partial charge in [0.1, 0.15) is 5.69 Å². The molecule has 0 amide bonds. The van der Waals surface area contributed by atoms with Crippen molar-refractivity contribution in [3.63, 3.8) is 0 Å². The first-order chi connectivity index (χ1) is 7.95. The number of ether oxygens (including phenoxy) is 1. The highest BCUT2D eigenvalue weighted by Gasteiger charge is 2.22. The SMILES string of the molecule is COC(=O)C(=O)CC(=O)c1ncc(Cl)cc1F. The number of carbonyl (C=O) groups is 3. The Balaban J connectivity index is 2.84. The predicted octanol–water partition coefficient (Wildman–Crippen LogP) is 1.19. The zero-order valence-corrected chi connectivity index (χ0v) is 9.45. The van der Waals surface area contributed by atoms with Gasteiger partial charge in [-0.25, -0.2) is 14.2 Å². The molecule has 17 heavy (non-hydrogen) atoms. The zero-order chi connectivity index (χ0) is 13.0. The summed E-state index contributed by atoms with van der Waals surface area (Å²) in [5.41, 5.74) is -0.536. The van der Waals surface area contributed by atoms with Crippen LogP contribution in [0.25, 0.3) is 0 Å². The summed E-state index contributed by atoms with van der Waals surface area (Å²) in [6.45, 7) is 0. The Hall–Kier alpha value is -1.82. The van der Waals surface area contributed by atoms with E-state index in [0.29, 0.717) is 0 Å². The molecular formula is C10H7ClFNO4. The van der Waals surface area contributed by atoms with Crippen molar-refractivity contribution in [1.29, 1.82) is 0 Å². The van der Waals surface area contributed by atoms with Gasteiger partial charge in [-0.2, -0.15) is 0 Å². The van der Waals surface area contributed by atoms with E-state index in [1.54, 1.807) is 0 Å². The van der Waals surface area contributed by atoms with Gasteiger partial charge in [-0.1, -0.05) is 11.6 Å². The highest BCUT2D eigenvalue weighted by atomic mass is 35.5. The summed E-state index contributed by atoms with van der Waals surface area (Å²) in [5.74, 6) is -4.07. The van der Waals surface area contributed by atoms with Gasteiger partial charge in [0, 0.05) is 6.20 Å². The Morgan fingerprint density at radius 1 is 1.47 bits per heavy atom. The smallest absolute Gasteiger partial charge is 0.374 e. The van der Waals surface area contributed by atoms with Gasteiger partial charge in [0.25, 0.3) is 0 Å². The molecule has 0 aliphatic heterocycles. The highest BCUT2D eigenvalue weighted by molar-refractivity contribution is 6.38. The van der Waals surface area contributed by atoms with Crippen LogP contribution < -0.4 is 0 Å². The minimum absolute atomic E-state index is 0.0262. The number of pyridine rings is 1. The molecule has 0 fully saturated rings. The largest absolute Gasteiger partial charge is 0.463 e. The van der Waals surface area contributed by atoms with E-state index in [9.17, 15) is 18.8 Å². The van der Waals surface area contributed by atoms with Crippen LogP contribution in [0.2, 0.25) is 5.02 Å². The molecule has 0 aromatic carbocycles. The number of ketones is 2. The number of hydrogen-bond donors (Lipinski definition) is 0. The molecule has 1 aromatic rings. The third kappa shape index (κ3) is 3.32. The standard InChI is InChI=1S/C10H7ClFNO4/c1-17-10(16)8(15)3-7(14)9-6(12)2-5(11)4-13-9/h2,4H,3H2,1H3. The molecular weight excluding hydrogens is 253 g/mol. The maximum absolute atomic E-state index is 13.2. The van der Waals surface area contributed by atoms with E-state index in [2.05, 4.69) is 9.72 Å². The molecule has 5 nitrogen and oxygen atoms in total. The Kier molecular flexibility index (Phi) is 4.28. The van der Waals surface area contributed by atoms with Gasteiger partial charge >= 0.3 is 5.97 Å². The van der Waals surface area contributed by atoms with E-state index in [-0.39, 0.29) is 5.02 Å². The van der Waals surface area contributed by atoms with E-state index in [0.717, 1.165) is 19.4 Å². The Morgan fingerprint density at radius 2 is 2.12 bits per heavy atom. The zero-order valence-electron chi connectivity index (χ0n) is 8.70. The summed E-state index contributed by atoms with van der Waals surface area (Å²) in [5, 5.41) is 0.0262. The number of rotatable bonds is 4. The maximum Gasteiger partial charge on any atom is 0.374 e. The lowest BCUT2D eigenvalue weighted by atomic mass is 10.1. The molecule has 0 bridgehead atoms. The van der Waals surface area contributed by atoms with Crippen LogP contribution in [0, 0.1) is 5.82 Å². The van der Waals surface area contributed by atoms with Crippen LogP contribution in [0.3, 0.4) is 0 Å². The average molecular weight is 260 g/mol. The molecule has 0 spiro atoms. The quantitative estimate of drug-likeness (QED) is 0.351. The molecule has 0 saturated heterocycles. The maximum atomic E-state index is 13.2. The minimum Gasteiger partial charge on any atom is -0.463 e. The van der Waals surface area contributed by atoms with Crippen LogP contribution in [-0.2, 0) is 14.3 Å². The van der Waals surface area contributed by atoms with Crippen LogP contribution in [0.5, 0.6) is 0 Å². The van der Waals surface area contributed by atoms with Crippen LogP contribution in [0.4, 0.5) is 4.39 Å². The minimum atomic E-state index is -1.16. The van der Waals surface area contributed by atoms with Crippen molar-refractivity contribution in [1.82, 2.24) is 4.98 Å². The molecule has 0 radical (unpaired) electrons. The normalized spacial score (nSPS) is 9.82. The van der Waals surface area contributed by atoms with Crippen molar-refractivity contribution in [3.05, 3.63) is 28.8 Å². The van der Waals surface area contributed by atoms with Gasteiger partial charge in [0.15, 0.2) is 11.6 Å².